The molecule has 0 spiro atoms. The number of ether oxygens (including phenoxy) is 1. The van der Waals surface area contributed by atoms with Gasteiger partial charge in [-0.05, 0) is 43.3 Å². The quantitative estimate of drug-likeness (QED) is 0.760. The number of benzene rings is 2. The van der Waals surface area contributed by atoms with Crippen LogP contribution in [0.1, 0.15) is 17.3 Å². The van der Waals surface area contributed by atoms with Gasteiger partial charge in [-0.2, -0.15) is 0 Å². The minimum atomic E-state index is -2.83. The van der Waals surface area contributed by atoms with Crippen LogP contribution in [0, 0.1) is 4.78 Å². The number of hydrogen-bond acceptors (Lipinski definition) is 5. The van der Waals surface area contributed by atoms with Crippen LogP contribution >= 0.6 is 0 Å². The van der Waals surface area contributed by atoms with E-state index in [1.807, 2.05) is 0 Å². The molecule has 27 heavy (non-hydrogen) atoms. The first kappa shape index (κ1) is 20.4. The normalized spacial score (nSPS) is 12.7. The molecule has 1 atom stereocenters. The fraction of sp³-hybridized carbons (Fsp3) is 0.263. The van der Waals surface area contributed by atoms with Crippen molar-refractivity contribution in [3.8, 4) is 5.75 Å². The maximum atomic E-state index is 12.7. The number of carbonyl (C=O) groups is 2. The average molecular weight is 389 g/mol. The Bertz CT molecular complexity index is 924. The SMILES string of the molecule is CCN(CC(=O)Nc1ccccc1OC)C(=O)c1ccc(S(C)(=N)=O)cc1. The fourth-order valence-electron chi connectivity index (χ4n) is 2.48. The van der Waals surface area contributed by atoms with Gasteiger partial charge in [-0.1, -0.05) is 12.1 Å². The van der Waals surface area contributed by atoms with E-state index in [4.69, 9.17) is 9.52 Å². The van der Waals surface area contributed by atoms with E-state index in [0.29, 0.717) is 28.4 Å². The fourth-order valence-corrected chi connectivity index (χ4v) is 3.13. The van der Waals surface area contributed by atoms with Gasteiger partial charge in [0.2, 0.25) is 5.91 Å². The van der Waals surface area contributed by atoms with Crippen molar-refractivity contribution in [2.45, 2.75) is 11.8 Å². The topological polar surface area (TPSA) is 99.6 Å². The number of nitrogens with zero attached hydrogens (tertiary/aromatic N) is 1. The Hall–Kier alpha value is -2.87. The molecule has 0 bridgehead atoms. The highest BCUT2D eigenvalue weighted by molar-refractivity contribution is 7.91. The van der Waals surface area contributed by atoms with Crippen molar-refractivity contribution in [3.63, 3.8) is 0 Å². The minimum absolute atomic E-state index is 0.113. The lowest BCUT2D eigenvalue weighted by Gasteiger charge is -2.21. The molecule has 8 heteroatoms. The van der Waals surface area contributed by atoms with Crippen molar-refractivity contribution in [2.75, 3.05) is 31.8 Å². The molecular weight excluding hydrogens is 366 g/mol. The third-order valence-electron chi connectivity index (χ3n) is 3.94. The van der Waals surface area contributed by atoms with Gasteiger partial charge in [0.1, 0.15) is 12.3 Å². The van der Waals surface area contributed by atoms with Gasteiger partial charge in [0.25, 0.3) is 5.91 Å². The molecule has 2 aromatic rings. The van der Waals surface area contributed by atoms with Gasteiger partial charge in [0, 0.05) is 23.3 Å². The second kappa shape index (κ2) is 8.68. The number of nitrogens with one attached hydrogen (secondary N) is 2. The van der Waals surface area contributed by atoms with Gasteiger partial charge in [-0.3, -0.25) is 9.59 Å². The molecule has 2 amide bonds. The van der Waals surface area contributed by atoms with E-state index in [-0.39, 0.29) is 18.4 Å². The summed E-state index contributed by atoms with van der Waals surface area (Å²) < 4.78 is 24.5. The Balaban J connectivity index is 2.09. The molecule has 2 N–H and O–H groups in total. The van der Waals surface area contributed by atoms with Gasteiger partial charge in [0.15, 0.2) is 0 Å². The zero-order valence-electron chi connectivity index (χ0n) is 15.5. The van der Waals surface area contributed by atoms with Crippen molar-refractivity contribution in [1.29, 1.82) is 4.78 Å². The van der Waals surface area contributed by atoms with Gasteiger partial charge < -0.3 is 15.0 Å². The molecule has 7 nitrogen and oxygen atoms in total. The van der Waals surface area contributed by atoms with E-state index < -0.39 is 9.73 Å². The third kappa shape index (κ3) is 5.30. The van der Waals surface area contributed by atoms with Crippen LogP contribution in [-0.4, -0.2) is 47.4 Å². The first-order chi connectivity index (χ1) is 12.8. The van der Waals surface area contributed by atoms with Crippen LogP contribution in [0.4, 0.5) is 5.69 Å². The lowest BCUT2D eigenvalue weighted by atomic mass is 10.2. The van der Waals surface area contributed by atoms with E-state index in [0.717, 1.165) is 0 Å². The Kier molecular flexibility index (Phi) is 6.57. The molecule has 0 radical (unpaired) electrons. The van der Waals surface area contributed by atoms with Crippen LogP contribution < -0.4 is 10.1 Å². The van der Waals surface area contributed by atoms with Crippen molar-refractivity contribution < 1.29 is 18.5 Å². The summed E-state index contributed by atoms with van der Waals surface area (Å²) in [6.45, 7) is 2.02. The molecule has 0 aliphatic heterocycles. The number of anilines is 1. The zero-order chi connectivity index (χ0) is 20.0. The smallest absolute Gasteiger partial charge is 0.254 e. The summed E-state index contributed by atoms with van der Waals surface area (Å²) in [4.78, 5) is 26.8. The second-order valence-electron chi connectivity index (χ2n) is 5.94. The first-order valence-electron chi connectivity index (χ1n) is 8.32. The Morgan fingerprint density at radius 2 is 1.78 bits per heavy atom. The summed E-state index contributed by atoms with van der Waals surface area (Å²) in [6, 6.07) is 13.1. The highest BCUT2D eigenvalue weighted by Crippen LogP contribution is 2.23. The summed E-state index contributed by atoms with van der Waals surface area (Å²) in [5.41, 5.74) is 0.903. The van der Waals surface area contributed by atoms with E-state index in [2.05, 4.69) is 5.32 Å². The van der Waals surface area contributed by atoms with E-state index in [1.165, 1.54) is 42.5 Å². The predicted molar refractivity (Wildman–Crippen MR) is 105 cm³/mol. The van der Waals surface area contributed by atoms with Crippen molar-refractivity contribution in [1.82, 2.24) is 4.90 Å². The molecular formula is C19H23N3O4S. The number of likely N-dealkylation sites (N-methyl/N-ethyl adjacent to an activating group) is 1. The molecule has 144 valence electrons. The molecule has 1 unspecified atom stereocenters. The molecule has 0 saturated heterocycles. The van der Waals surface area contributed by atoms with Crippen LogP contribution in [0.3, 0.4) is 0 Å². The lowest BCUT2D eigenvalue weighted by molar-refractivity contribution is -0.116. The molecule has 2 aromatic carbocycles. The van der Waals surface area contributed by atoms with E-state index >= 15 is 0 Å². The van der Waals surface area contributed by atoms with Crippen LogP contribution in [0.5, 0.6) is 5.75 Å². The molecule has 0 fully saturated rings. The Morgan fingerprint density at radius 3 is 2.33 bits per heavy atom. The highest BCUT2D eigenvalue weighted by atomic mass is 32.2. The maximum absolute atomic E-state index is 12.7. The van der Waals surface area contributed by atoms with E-state index in [9.17, 15) is 13.8 Å². The minimum Gasteiger partial charge on any atom is -0.495 e. The maximum Gasteiger partial charge on any atom is 0.254 e. The predicted octanol–water partition coefficient (Wildman–Crippen LogP) is 2.83. The second-order valence-corrected chi connectivity index (χ2v) is 8.09. The van der Waals surface area contributed by atoms with E-state index in [1.54, 1.807) is 31.2 Å². The Labute approximate surface area is 159 Å². The largest absolute Gasteiger partial charge is 0.495 e. The number of carbonyl (C=O) groups excluding carboxylic acids is 2. The number of para-hydroxylation sites is 2. The van der Waals surface area contributed by atoms with Gasteiger partial charge in [-0.25, -0.2) is 8.99 Å². The molecule has 0 aliphatic rings. The molecule has 0 heterocycles. The van der Waals surface area contributed by atoms with Crippen molar-refractivity contribution in [3.05, 3.63) is 54.1 Å². The summed E-state index contributed by atoms with van der Waals surface area (Å²) in [5.74, 6) is -0.116. The van der Waals surface area contributed by atoms with Gasteiger partial charge in [0.05, 0.1) is 22.5 Å². The number of methoxy groups -OCH3 is 1. The Morgan fingerprint density at radius 1 is 1.15 bits per heavy atom. The zero-order valence-corrected chi connectivity index (χ0v) is 16.3. The first-order valence-corrected chi connectivity index (χ1v) is 10.3. The lowest BCUT2D eigenvalue weighted by Crippen LogP contribution is -2.37. The van der Waals surface area contributed by atoms with Crippen LogP contribution in [-0.2, 0) is 14.5 Å². The summed E-state index contributed by atoms with van der Waals surface area (Å²) in [5, 5.41) is 2.74. The monoisotopic (exact) mass is 389 g/mol. The summed E-state index contributed by atoms with van der Waals surface area (Å²) in [6.07, 6.45) is 1.32. The third-order valence-corrected chi connectivity index (χ3v) is 5.11. The standard InChI is InChI=1S/C19H23N3O4S/c1-4-22(13-18(23)21-16-7-5-6-8-17(16)26-2)19(24)14-9-11-15(12-10-14)27(3,20)25/h5-12,20H,4,13H2,1-3H3,(H,21,23). The van der Waals surface area contributed by atoms with Gasteiger partial charge >= 0.3 is 0 Å². The van der Waals surface area contributed by atoms with Gasteiger partial charge in [-0.15, -0.1) is 0 Å². The number of hydrogen-bond donors (Lipinski definition) is 2. The molecule has 2 rings (SSSR count). The average Bonchev–Trinajstić information content (AvgIpc) is 2.65. The van der Waals surface area contributed by atoms with Crippen molar-refractivity contribution in [2.24, 2.45) is 0 Å². The highest BCUT2D eigenvalue weighted by Gasteiger charge is 2.18. The number of amides is 2. The molecule has 0 aliphatic carbocycles. The summed E-state index contributed by atoms with van der Waals surface area (Å²) in [7, 11) is -1.32. The van der Waals surface area contributed by atoms with Crippen LogP contribution in [0.15, 0.2) is 53.4 Å². The molecule has 0 saturated carbocycles. The van der Waals surface area contributed by atoms with Crippen LogP contribution in [0.25, 0.3) is 0 Å². The van der Waals surface area contributed by atoms with Crippen molar-refractivity contribution >= 4 is 27.2 Å². The van der Waals surface area contributed by atoms with Crippen LogP contribution in [0.2, 0.25) is 0 Å². The summed E-state index contributed by atoms with van der Waals surface area (Å²) >= 11 is 0. The molecule has 0 aromatic heterocycles. The number of rotatable bonds is 7.